The third-order valence-electron chi connectivity index (χ3n) is 25.7. The van der Waals surface area contributed by atoms with Gasteiger partial charge < -0.3 is 13.3 Å². The molecule has 0 radical (unpaired) electrons. The molecule has 0 bridgehead atoms. The lowest BCUT2D eigenvalue weighted by molar-refractivity contribution is 0.668. The van der Waals surface area contributed by atoms with Crippen LogP contribution in [0.15, 0.2) is 511 Å². The summed E-state index contributed by atoms with van der Waals surface area (Å²) in [5.41, 5.74) is 34.3. The number of para-hydroxylation sites is 3. The number of rotatable bonds is 15. The Morgan fingerprint density at radius 2 is 0.394 bits per heavy atom. The van der Waals surface area contributed by atoms with Gasteiger partial charge in [0.15, 0.2) is 17.5 Å². The molecule has 0 amide bonds. The van der Waals surface area contributed by atoms with Crippen LogP contribution in [-0.4, -0.2) is 29.9 Å². The van der Waals surface area contributed by atoms with Crippen molar-refractivity contribution in [3.05, 3.63) is 497 Å². The van der Waals surface area contributed by atoms with E-state index >= 15 is 0 Å². The third-order valence-corrected chi connectivity index (χ3v) is 25.7. The second kappa shape index (κ2) is 36.0. The number of fused-ring (bicyclic) bond motifs is 11. The lowest BCUT2D eigenvalue weighted by Crippen LogP contribution is -1.96. The maximum atomic E-state index is 6.13. The molecular weight excluding hydrogens is 1670 g/mol. The van der Waals surface area contributed by atoms with Crippen LogP contribution in [0.25, 0.3) is 256 Å². The van der Waals surface area contributed by atoms with Crippen molar-refractivity contribution in [3.63, 3.8) is 0 Å². The minimum Gasteiger partial charge on any atom is -0.456 e. The average molecular weight is 1750 g/mol. The van der Waals surface area contributed by atoms with Gasteiger partial charge in [0.1, 0.15) is 33.5 Å². The van der Waals surface area contributed by atoms with Gasteiger partial charge in [-0.05, 0) is 173 Å². The van der Waals surface area contributed by atoms with Gasteiger partial charge in [-0.3, -0.25) is 0 Å². The predicted octanol–water partition coefficient (Wildman–Crippen LogP) is 34.4. The highest BCUT2D eigenvalue weighted by Crippen LogP contribution is 2.44. The Balaban J connectivity index is 0.000000112. The molecule has 642 valence electrons. The fraction of sp³-hybridized carbons (Fsp3) is 0. The third kappa shape index (κ3) is 16.5. The van der Waals surface area contributed by atoms with Gasteiger partial charge in [0, 0.05) is 82.4 Å². The first kappa shape index (κ1) is 81.8. The average Bonchev–Trinajstić information content (AvgIpc) is 1.26. The summed E-state index contributed by atoms with van der Waals surface area (Å²) in [5, 5.41) is 11.5. The van der Waals surface area contributed by atoms with E-state index in [4.69, 9.17) is 43.2 Å². The molecule has 0 saturated carbocycles. The van der Waals surface area contributed by atoms with E-state index in [0.29, 0.717) is 11.6 Å². The molecular formula is C128H82N6O3. The van der Waals surface area contributed by atoms with Crippen molar-refractivity contribution < 1.29 is 13.3 Å². The smallest absolute Gasteiger partial charge is 0.160 e. The molecule has 0 aliphatic rings. The normalized spacial score (nSPS) is 11.4. The van der Waals surface area contributed by atoms with Crippen molar-refractivity contribution in [3.8, 4) is 168 Å². The molecule has 9 heteroatoms. The second-order valence-electron chi connectivity index (χ2n) is 34.3. The van der Waals surface area contributed by atoms with Crippen LogP contribution >= 0.6 is 0 Å². The molecule has 0 aliphatic carbocycles. The number of hydrogen-bond acceptors (Lipinski definition) is 9. The summed E-state index contributed by atoms with van der Waals surface area (Å²) in [6.45, 7) is 0. The molecule has 26 aromatic rings. The highest BCUT2D eigenvalue weighted by molar-refractivity contribution is 6.13. The SMILES string of the molecule is c1ccc(-c2cc(-c3ccc(-c4ccc(-c5ccc6oc7ccccc7c6c5)cc4)c4ccccc34)nc(-c3ccccc3)n2)cc1.c1ccc(-c2cc(-c3ccc4cc(-c5cccc(-c6ccc7oc8ccccc8c7c6)c5)ccc4c3)nc(-c3ccccc3)n2)cc1.c1ccc(-c2ccc(-c3cc(-c4ccc(-c5cccc6oc7ccccc7c56)cc4)nc(-c4ccccc4)n3)cc2)cc1. The molecule has 6 heterocycles. The molecule has 137 heavy (non-hydrogen) atoms. The zero-order valence-electron chi connectivity index (χ0n) is 74.3. The summed E-state index contributed by atoms with van der Waals surface area (Å²) < 4.78 is 18.2. The van der Waals surface area contributed by atoms with Gasteiger partial charge in [0.2, 0.25) is 0 Å². The van der Waals surface area contributed by atoms with Crippen molar-refractivity contribution >= 4 is 87.4 Å². The summed E-state index contributed by atoms with van der Waals surface area (Å²) >= 11 is 0. The summed E-state index contributed by atoms with van der Waals surface area (Å²) in [6.07, 6.45) is 0. The number of hydrogen-bond donors (Lipinski definition) is 0. The Morgan fingerprint density at radius 3 is 0.883 bits per heavy atom. The fourth-order valence-corrected chi connectivity index (χ4v) is 18.8. The summed E-state index contributed by atoms with van der Waals surface area (Å²) in [5.74, 6) is 2.14. The van der Waals surface area contributed by atoms with Crippen LogP contribution in [0.2, 0.25) is 0 Å². The maximum Gasteiger partial charge on any atom is 0.160 e. The van der Waals surface area contributed by atoms with Crippen LogP contribution in [0.3, 0.4) is 0 Å². The quantitative estimate of drug-likeness (QED) is 0.0989. The van der Waals surface area contributed by atoms with E-state index in [-0.39, 0.29) is 0 Å². The van der Waals surface area contributed by atoms with E-state index < -0.39 is 0 Å². The predicted molar refractivity (Wildman–Crippen MR) is 564 cm³/mol. The Morgan fingerprint density at radius 1 is 0.124 bits per heavy atom. The van der Waals surface area contributed by atoms with Gasteiger partial charge in [-0.2, -0.15) is 0 Å². The molecule has 0 N–H and O–H groups in total. The molecule has 0 atom stereocenters. The van der Waals surface area contributed by atoms with Gasteiger partial charge in [0.05, 0.1) is 34.2 Å². The second-order valence-corrected chi connectivity index (χ2v) is 34.3. The Labute approximate surface area is 791 Å². The number of benzene rings is 20. The zero-order chi connectivity index (χ0) is 90.9. The largest absolute Gasteiger partial charge is 0.456 e. The first-order chi connectivity index (χ1) is 67.8. The van der Waals surface area contributed by atoms with Gasteiger partial charge in [0.25, 0.3) is 0 Å². The molecule has 9 nitrogen and oxygen atoms in total. The molecule has 0 saturated heterocycles. The molecule has 26 rings (SSSR count). The molecule has 20 aromatic carbocycles. The highest BCUT2D eigenvalue weighted by atomic mass is 16.3. The van der Waals surface area contributed by atoms with Crippen molar-refractivity contribution in [2.24, 2.45) is 0 Å². The lowest BCUT2D eigenvalue weighted by atomic mass is 9.92. The first-order valence-electron chi connectivity index (χ1n) is 46.1. The minimum absolute atomic E-state index is 0.707. The molecule has 0 spiro atoms. The van der Waals surface area contributed by atoms with E-state index in [1.165, 1.54) is 71.8 Å². The molecule has 0 unspecified atom stereocenters. The van der Waals surface area contributed by atoms with E-state index in [1.54, 1.807) is 0 Å². The van der Waals surface area contributed by atoms with Gasteiger partial charge in [-0.1, -0.05) is 413 Å². The maximum absolute atomic E-state index is 6.13. The van der Waals surface area contributed by atoms with Crippen LogP contribution in [0.4, 0.5) is 0 Å². The molecule has 6 aromatic heterocycles. The van der Waals surface area contributed by atoms with E-state index in [1.807, 2.05) is 140 Å². The standard InChI is InChI=1S/2C44H28N2O.C40H26N2O/c1-3-11-31(12-4-1)40-28-41(46-44(45-40)32-13-5-2-6-14-32)37-25-24-34(35-15-7-8-16-36(35)37)30-21-19-29(20-22-30)33-23-26-43-39(27-33)38-17-9-10-18-42(38)47-43;1-3-10-29(11-4-1)40-28-41(46-44(45-40)30-12-5-2-6-13-30)37-21-20-34-25-33(18-19-35(34)26-37)31-14-9-15-32(24-31)36-22-23-43-39(27-36)38-16-7-8-17-42(38)47-43;1-3-10-27(11-4-1)28-18-22-30(23-19-28)35-26-36(42-40(41-35)32-12-5-2-6-13-32)31-24-20-29(21-25-31)33-15-9-17-38-39(33)34-14-7-8-16-37(34)43-38/h2*1-28H;1-26H. The topological polar surface area (TPSA) is 117 Å². The number of aromatic nitrogens is 6. The van der Waals surface area contributed by atoms with Crippen molar-refractivity contribution in [2.75, 3.05) is 0 Å². The van der Waals surface area contributed by atoms with Crippen molar-refractivity contribution in [1.29, 1.82) is 0 Å². The summed E-state index contributed by atoms with van der Waals surface area (Å²) in [7, 11) is 0. The van der Waals surface area contributed by atoms with E-state index in [0.717, 1.165) is 172 Å². The minimum atomic E-state index is 0.707. The number of furan rings is 3. The van der Waals surface area contributed by atoms with Crippen LogP contribution < -0.4 is 0 Å². The molecule has 0 fully saturated rings. The van der Waals surface area contributed by atoms with Crippen LogP contribution in [0.1, 0.15) is 0 Å². The number of nitrogens with zero attached hydrogens (tertiary/aromatic N) is 6. The Kier molecular flexibility index (Phi) is 21.5. The van der Waals surface area contributed by atoms with Crippen LogP contribution in [-0.2, 0) is 0 Å². The van der Waals surface area contributed by atoms with Gasteiger partial charge in [-0.15, -0.1) is 0 Å². The van der Waals surface area contributed by atoms with Crippen LogP contribution in [0.5, 0.6) is 0 Å². The lowest BCUT2D eigenvalue weighted by Gasteiger charge is -2.14. The fourth-order valence-electron chi connectivity index (χ4n) is 18.8. The zero-order valence-corrected chi connectivity index (χ0v) is 74.3. The molecule has 0 aliphatic heterocycles. The Hall–Kier alpha value is -18.4. The Bertz CT molecular complexity index is 8860. The summed E-state index contributed by atoms with van der Waals surface area (Å²) in [6, 6.07) is 173. The van der Waals surface area contributed by atoms with Crippen LogP contribution in [0, 0.1) is 0 Å². The highest BCUT2D eigenvalue weighted by Gasteiger charge is 2.21. The van der Waals surface area contributed by atoms with Crippen molar-refractivity contribution in [2.45, 2.75) is 0 Å². The van der Waals surface area contributed by atoms with Gasteiger partial charge >= 0.3 is 0 Å². The van der Waals surface area contributed by atoms with E-state index in [9.17, 15) is 0 Å². The van der Waals surface area contributed by atoms with E-state index in [2.05, 4.69) is 358 Å². The summed E-state index contributed by atoms with van der Waals surface area (Å²) in [4.78, 5) is 30.1. The monoisotopic (exact) mass is 1750 g/mol. The first-order valence-corrected chi connectivity index (χ1v) is 46.1. The van der Waals surface area contributed by atoms with Crippen molar-refractivity contribution in [1.82, 2.24) is 29.9 Å². The van der Waals surface area contributed by atoms with Gasteiger partial charge in [-0.25, -0.2) is 29.9 Å².